The van der Waals surface area contributed by atoms with E-state index in [4.69, 9.17) is 5.73 Å². The van der Waals surface area contributed by atoms with Crippen LogP contribution in [0, 0.1) is 11.8 Å². The van der Waals surface area contributed by atoms with Crippen molar-refractivity contribution in [2.75, 3.05) is 19.6 Å². The maximum Gasteiger partial charge on any atom is 0.0334 e. The topological polar surface area (TPSA) is 29.3 Å². The molecule has 1 aliphatic carbocycles. The molecular weight excluding hydrogens is 220 g/mol. The van der Waals surface area contributed by atoms with Crippen LogP contribution < -0.4 is 5.73 Å². The van der Waals surface area contributed by atoms with Crippen LogP contribution in [0.15, 0.2) is 0 Å². The highest BCUT2D eigenvalue weighted by Gasteiger charge is 2.41. The average Bonchev–Trinajstić information content (AvgIpc) is 2.60. The van der Waals surface area contributed by atoms with Gasteiger partial charge in [-0.15, -0.1) is 0 Å². The molecule has 2 nitrogen and oxygen atoms in total. The van der Waals surface area contributed by atoms with Gasteiger partial charge in [-0.3, -0.25) is 4.90 Å². The molecule has 2 heteroatoms. The van der Waals surface area contributed by atoms with E-state index in [1.165, 1.54) is 64.5 Å². The van der Waals surface area contributed by atoms with Gasteiger partial charge >= 0.3 is 0 Å². The van der Waals surface area contributed by atoms with Crippen molar-refractivity contribution in [2.24, 2.45) is 17.6 Å². The maximum absolute atomic E-state index is 6.16. The molecule has 2 aliphatic rings. The molecule has 0 aromatic rings. The molecule has 0 bridgehead atoms. The largest absolute Gasteiger partial charge is 0.329 e. The zero-order chi connectivity index (χ0) is 13.0. The van der Waals surface area contributed by atoms with Crippen molar-refractivity contribution in [1.82, 2.24) is 4.90 Å². The fourth-order valence-electron chi connectivity index (χ4n) is 4.31. The molecule has 106 valence electrons. The Bertz CT molecular complexity index is 253. The molecule has 0 spiro atoms. The van der Waals surface area contributed by atoms with E-state index in [9.17, 15) is 0 Å². The highest BCUT2D eigenvalue weighted by Crippen LogP contribution is 2.39. The molecule has 0 amide bonds. The number of hydrogen-bond donors (Lipinski definition) is 1. The average molecular weight is 252 g/mol. The lowest BCUT2D eigenvalue weighted by atomic mass is 9.93. The van der Waals surface area contributed by atoms with E-state index in [0.717, 1.165) is 18.4 Å². The van der Waals surface area contributed by atoms with Gasteiger partial charge in [0.25, 0.3) is 0 Å². The molecule has 1 aliphatic heterocycles. The summed E-state index contributed by atoms with van der Waals surface area (Å²) < 4.78 is 0. The first-order valence-electron chi connectivity index (χ1n) is 8.15. The zero-order valence-electron chi connectivity index (χ0n) is 12.5. The summed E-state index contributed by atoms with van der Waals surface area (Å²) in [5, 5.41) is 0. The predicted molar refractivity (Wildman–Crippen MR) is 78.6 cm³/mol. The van der Waals surface area contributed by atoms with Crippen LogP contribution in [-0.4, -0.2) is 30.1 Å². The summed E-state index contributed by atoms with van der Waals surface area (Å²) in [6.07, 6.45) is 11.1. The van der Waals surface area contributed by atoms with E-state index in [2.05, 4.69) is 18.7 Å². The van der Waals surface area contributed by atoms with Gasteiger partial charge in [-0.05, 0) is 63.5 Å². The third kappa shape index (κ3) is 3.08. The Labute approximate surface area is 113 Å². The zero-order valence-corrected chi connectivity index (χ0v) is 12.5. The molecule has 2 N–H and O–H groups in total. The fourth-order valence-corrected chi connectivity index (χ4v) is 4.31. The molecule has 1 saturated heterocycles. The minimum Gasteiger partial charge on any atom is -0.329 e. The maximum atomic E-state index is 6.16. The second-order valence-electron chi connectivity index (χ2n) is 6.85. The van der Waals surface area contributed by atoms with Gasteiger partial charge in [0.2, 0.25) is 0 Å². The number of nitrogens with two attached hydrogens (primary N) is 1. The first-order chi connectivity index (χ1) is 8.70. The van der Waals surface area contributed by atoms with E-state index in [1.807, 2.05) is 0 Å². The quantitative estimate of drug-likeness (QED) is 0.831. The Hall–Kier alpha value is -0.0800. The molecule has 0 radical (unpaired) electrons. The van der Waals surface area contributed by atoms with E-state index < -0.39 is 0 Å². The fraction of sp³-hybridized carbons (Fsp3) is 1.00. The first kappa shape index (κ1) is 14.3. The Balaban J connectivity index is 1.96. The molecule has 3 unspecified atom stereocenters. The number of hydrogen-bond acceptors (Lipinski definition) is 2. The predicted octanol–water partition coefficient (Wildman–Crippen LogP) is 3.41. The van der Waals surface area contributed by atoms with Crippen LogP contribution in [-0.2, 0) is 0 Å². The van der Waals surface area contributed by atoms with Crippen molar-refractivity contribution >= 4 is 0 Å². The van der Waals surface area contributed by atoms with Crippen molar-refractivity contribution in [3.63, 3.8) is 0 Å². The normalized spacial score (nSPS) is 38.8. The summed E-state index contributed by atoms with van der Waals surface area (Å²) >= 11 is 0. The van der Waals surface area contributed by atoms with Crippen LogP contribution in [0.25, 0.3) is 0 Å². The summed E-state index contributed by atoms with van der Waals surface area (Å²) in [6, 6.07) is 0. The van der Waals surface area contributed by atoms with Gasteiger partial charge in [0.1, 0.15) is 0 Å². The summed E-state index contributed by atoms with van der Waals surface area (Å²) in [6.45, 7) is 8.19. The Morgan fingerprint density at radius 3 is 2.67 bits per heavy atom. The van der Waals surface area contributed by atoms with Crippen molar-refractivity contribution in [1.29, 1.82) is 0 Å². The highest BCUT2D eigenvalue weighted by molar-refractivity contribution is 4.98. The second-order valence-corrected chi connectivity index (χ2v) is 6.85. The minimum atomic E-state index is 0.362. The number of likely N-dealkylation sites (tertiary alicyclic amines) is 1. The molecular formula is C16H32N2. The van der Waals surface area contributed by atoms with Crippen molar-refractivity contribution in [3.05, 3.63) is 0 Å². The number of nitrogens with zero attached hydrogens (tertiary/aromatic N) is 1. The molecule has 1 saturated carbocycles. The summed E-state index contributed by atoms with van der Waals surface area (Å²) in [7, 11) is 0. The van der Waals surface area contributed by atoms with Crippen molar-refractivity contribution < 1.29 is 0 Å². The third-order valence-corrected chi connectivity index (χ3v) is 5.43. The van der Waals surface area contributed by atoms with Gasteiger partial charge < -0.3 is 5.73 Å². The summed E-state index contributed by atoms with van der Waals surface area (Å²) in [5.41, 5.74) is 6.53. The lowest BCUT2D eigenvalue weighted by Crippen LogP contribution is -2.52. The molecule has 2 rings (SSSR count). The van der Waals surface area contributed by atoms with Gasteiger partial charge in [0.15, 0.2) is 0 Å². The van der Waals surface area contributed by atoms with Crippen LogP contribution in [0.4, 0.5) is 0 Å². The minimum absolute atomic E-state index is 0.362. The summed E-state index contributed by atoms with van der Waals surface area (Å²) in [4.78, 5) is 2.77. The van der Waals surface area contributed by atoms with E-state index in [-0.39, 0.29) is 0 Å². The van der Waals surface area contributed by atoms with E-state index in [1.54, 1.807) is 0 Å². The Morgan fingerprint density at radius 1 is 1.22 bits per heavy atom. The molecule has 3 atom stereocenters. The van der Waals surface area contributed by atoms with Crippen LogP contribution >= 0.6 is 0 Å². The van der Waals surface area contributed by atoms with Gasteiger partial charge in [0, 0.05) is 12.1 Å². The standard InChI is InChI=1S/C16H32N2/c1-3-5-15-6-4-10-18(11-8-15)16(13-17)9-7-14(2)12-16/h14-15H,3-13,17H2,1-2H3. The van der Waals surface area contributed by atoms with E-state index in [0.29, 0.717) is 5.54 Å². The monoisotopic (exact) mass is 252 g/mol. The lowest BCUT2D eigenvalue weighted by Gasteiger charge is -2.40. The van der Waals surface area contributed by atoms with Crippen LogP contribution in [0.3, 0.4) is 0 Å². The number of rotatable bonds is 4. The van der Waals surface area contributed by atoms with Gasteiger partial charge in [-0.2, -0.15) is 0 Å². The van der Waals surface area contributed by atoms with E-state index >= 15 is 0 Å². The molecule has 18 heavy (non-hydrogen) atoms. The van der Waals surface area contributed by atoms with Gasteiger partial charge in [0.05, 0.1) is 0 Å². The molecule has 0 aromatic heterocycles. The lowest BCUT2D eigenvalue weighted by molar-refractivity contribution is 0.0984. The first-order valence-corrected chi connectivity index (χ1v) is 8.15. The second kappa shape index (κ2) is 6.38. The van der Waals surface area contributed by atoms with Crippen molar-refractivity contribution in [3.8, 4) is 0 Å². The van der Waals surface area contributed by atoms with Gasteiger partial charge in [-0.1, -0.05) is 26.7 Å². The molecule has 0 aromatic carbocycles. The van der Waals surface area contributed by atoms with Crippen LogP contribution in [0.5, 0.6) is 0 Å². The third-order valence-electron chi connectivity index (χ3n) is 5.43. The molecule has 1 heterocycles. The Morgan fingerprint density at radius 2 is 2.06 bits per heavy atom. The molecule has 2 fully saturated rings. The highest BCUT2D eigenvalue weighted by atomic mass is 15.2. The SMILES string of the molecule is CCCC1CCCN(C2(CN)CCC(C)C2)CC1. The Kier molecular flexibility index (Phi) is 5.08. The van der Waals surface area contributed by atoms with Gasteiger partial charge in [-0.25, -0.2) is 0 Å². The van der Waals surface area contributed by atoms with Crippen molar-refractivity contribution in [2.45, 2.75) is 70.8 Å². The summed E-state index contributed by atoms with van der Waals surface area (Å²) in [5.74, 6) is 1.86. The smallest absolute Gasteiger partial charge is 0.0334 e. The van der Waals surface area contributed by atoms with Crippen LogP contribution in [0.2, 0.25) is 0 Å². The van der Waals surface area contributed by atoms with Crippen LogP contribution in [0.1, 0.15) is 65.2 Å².